The van der Waals surface area contributed by atoms with E-state index < -0.39 is 0 Å². The third-order valence-electron chi connectivity index (χ3n) is 2.76. The van der Waals surface area contributed by atoms with Crippen molar-refractivity contribution >= 4 is 0 Å². The van der Waals surface area contributed by atoms with Crippen LogP contribution >= 0.6 is 0 Å². The number of methoxy groups -OCH3 is 1. The standard InChI is InChI=1S/C11H26N2O2/c1-9(2)10(6-12)7-13-11(4-5-14)8-15-3/h9-11,13-14H,4-8,12H2,1-3H3. The van der Waals surface area contributed by atoms with Gasteiger partial charge in [-0.3, -0.25) is 0 Å². The molecular weight excluding hydrogens is 192 g/mol. The van der Waals surface area contributed by atoms with Gasteiger partial charge in [-0.25, -0.2) is 0 Å². The largest absolute Gasteiger partial charge is 0.396 e. The molecule has 0 aromatic heterocycles. The highest BCUT2D eigenvalue weighted by molar-refractivity contribution is 4.72. The van der Waals surface area contributed by atoms with Gasteiger partial charge < -0.3 is 20.9 Å². The second kappa shape index (κ2) is 9.09. The second-order valence-electron chi connectivity index (χ2n) is 4.31. The first-order chi connectivity index (χ1) is 7.15. The van der Waals surface area contributed by atoms with Crippen LogP contribution in [-0.2, 0) is 4.74 Å². The Morgan fingerprint density at radius 3 is 2.47 bits per heavy atom. The van der Waals surface area contributed by atoms with Crippen LogP contribution in [0.15, 0.2) is 0 Å². The van der Waals surface area contributed by atoms with E-state index in [0.29, 0.717) is 25.0 Å². The summed E-state index contributed by atoms with van der Waals surface area (Å²) >= 11 is 0. The lowest BCUT2D eigenvalue weighted by atomic mass is 9.95. The fraction of sp³-hybridized carbons (Fsp3) is 1.00. The maximum Gasteiger partial charge on any atom is 0.0616 e. The van der Waals surface area contributed by atoms with Crippen LogP contribution in [0.25, 0.3) is 0 Å². The van der Waals surface area contributed by atoms with Gasteiger partial charge in [0.1, 0.15) is 0 Å². The SMILES string of the molecule is COCC(CCO)NCC(CN)C(C)C. The molecule has 0 spiro atoms. The summed E-state index contributed by atoms with van der Waals surface area (Å²) in [6.07, 6.45) is 0.725. The predicted octanol–water partition coefficient (Wildman–Crippen LogP) is 0.204. The van der Waals surface area contributed by atoms with Gasteiger partial charge in [-0.05, 0) is 31.3 Å². The van der Waals surface area contributed by atoms with Gasteiger partial charge in [-0.2, -0.15) is 0 Å². The van der Waals surface area contributed by atoms with Crippen molar-refractivity contribution in [2.45, 2.75) is 26.3 Å². The molecule has 4 N–H and O–H groups in total. The topological polar surface area (TPSA) is 67.5 Å². The Hall–Kier alpha value is -0.160. The van der Waals surface area contributed by atoms with Gasteiger partial charge in [0.15, 0.2) is 0 Å². The van der Waals surface area contributed by atoms with Gasteiger partial charge in [-0.15, -0.1) is 0 Å². The van der Waals surface area contributed by atoms with E-state index >= 15 is 0 Å². The number of hydrogen-bond acceptors (Lipinski definition) is 4. The summed E-state index contributed by atoms with van der Waals surface area (Å²) in [6.45, 7) is 6.77. The van der Waals surface area contributed by atoms with Crippen LogP contribution in [0.1, 0.15) is 20.3 Å². The summed E-state index contributed by atoms with van der Waals surface area (Å²) in [5, 5.41) is 12.3. The van der Waals surface area contributed by atoms with Gasteiger partial charge >= 0.3 is 0 Å². The predicted molar refractivity (Wildman–Crippen MR) is 62.8 cm³/mol. The molecule has 0 aromatic carbocycles. The molecule has 2 atom stereocenters. The average Bonchev–Trinajstić information content (AvgIpc) is 2.18. The van der Waals surface area contributed by atoms with Crippen molar-refractivity contribution in [3.8, 4) is 0 Å². The first kappa shape index (κ1) is 14.8. The van der Waals surface area contributed by atoms with Crippen LogP contribution in [0.3, 0.4) is 0 Å². The highest BCUT2D eigenvalue weighted by atomic mass is 16.5. The Kier molecular flexibility index (Phi) is 9.00. The third kappa shape index (κ3) is 6.84. The Bertz CT molecular complexity index is 137. The van der Waals surface area contributed by atoms with E-state index in [-0.39, 0.29) is 12.6 Å². The van der Waals surface area contributed by atoms with E-state index in [1.165, 1.54) is 0 Å². The highest BCUT2D eigenvalue weighted by Gasteiger charge is 2.14. The van der Waals surface area contributed by atoms with E-state index in [4.69, 9.17) is 15.6 Å². The number of hydrogen-bond donors (Lipinski definition) is 3. The van der Waals surface area contributed by atoms with Crippen LogP contribution in [0, 0.1) is 11.8 Å². The van der Waals surface area contributed by atoms with E-state index in [9.17, 15) is 0 Å². The van der Waals surface area contributed by atoms with Gasteiger partial charge in [0.05, 0.1) is 6.61 Å². The van der Waals surface area contributed by atoms with E-state index in [2.05, 4.69) is 19.2 Å². The minimum atomic E-state index is 0.190. The minimum absolute atomic E-state index is 0.190. The molecule has 0 aromatic rings. The molecule has 0 rings (SSSR count). The average molecular weight is 218 g/mol. The summed E-state index contributed by atoms with van der Waals surface area (Å²) < 4.78 is 5.08. The number of rotatable bonds is 9. The van der Waals surface area contributed by atoms with Gasteiger partial charge in [0, 0.05) is 19.8 Å². The molecule has 2 unspecified atom stereocenters. The molecule has 0 aliphatic rings. The lowest BCUT2D eigenvalue weighted by Crippen LogP contribution is -2.40. The van der Waals surface area contributed by atoms with Gasteiger partial charge in [0.25, 0.3) is 0 Å². The van der Waals surface area contributed by atoms with Crippen LogP contribution in [-0.4, -0.2) is 44.6 Å². The molecule has 0 aliphatic heterocycles. The third-order valence-corrected chi connectivity index (χ3v) is 2.76. The van der Waals surface area contributed by atoms with Crippen molar-refractivity contribution in [1.29, 1.82) is 0 Å². The second-order valence-corrected chi connectivity index (χ2v) is 4.31. The first-order valence-corrected chi connectivity index (χ1v) is 5.68. The fourth-order valence-electron chi connectivity index (χ4n) is 1.51. The molecule has 0 radical (unpaired) electrons. The number of aliphatic hydroxyl groups is 1. The molecule has 0 aliphatic carbocycles. The van der Waals surface area contributed by atoms with Crippen LogP contribution in [0.4, 0.5) is 0 Å². The normalized spacial score (nSPS) is 15.6. The summed E-state index contributed by atoms with van der Waals surface area (Å²) in [4.78, 5) is 0. The zero-order valence-corrected chi connectivity index (χ0v) is 10.2. The molecule has 0 amide bonds. The monoisotopic (exact) mass is 218 g/mol. The highest BCUT2D eigenvalue weighted by Crippen LogP contribution is 2.08. The Morgan fingerprint density at radius 1 is 1.40 bits per heavy atom. The molecule has 92 valence electrons. The summed E-state index contributed by atoms with van der Waals surface area (Å²) in [6, 6.07) is 0.229. The molecule has 15 heavy (non-hydrogen) atoms. The Balaban J connectivity index is 3.84. The zero-order chi connectivity index (χ0) is 11.7. The van der Waals surface area contributed by atoms with Crippen molar-refractivity contribution in [2.75, 3.05) is 33.4 Å². The fourth-order valence-corrected chi connectivity index (χ4v) is 1.51. The molecule has 0 heterocycles. The van der Waals surface area contributed by atoms with Crippen LogP contribution in [0.5, 0.6) is 0 Å². The number of nitrogens with one attached hydrogen (secondary N) is 1. The van der Waals surface area contributed by atoms with Crippen LogP contribution < -0.4 is 11.1 Å². The molecule has 0 fully saturated rings. The lowest BCUT2D eigenvalue weighted by Gasteiger charge is -2.23. The maximum atomic E-state index is 8.87. The van der Waals surface area contributed by atoms with Crippen LogP contribution in [0.2, 0.25) is 0 Å². The lowest BCUT2D eigenvalue weighted by molar-refractivity contribution is 0.144. The first-order valence-electron chi connectivity index (χ1n) is 5.68. The van der Waals surface area contributed by atoms with Gasteiger partial charge in [0.2, 0.25) is 0 Å². The van der Waals surface area contributed by atoms with Crippen molar-refractivity contribution in [3.05, 3.63) is 0 Å². The number of nitrogens with two attached hydrogens (primary N) is 1. The zero-order valence-electron chi connectivity index (χ0n) is 10.2. The molecule has 4 heteroatoms. The van der Waals surface area contributed by atoms with E-state index in [1.54, 1.807) is 7.11 Å². The molecule has 0 bridgehead atoms. The quantitative estimate of drug-likeness (QED) is 0.517. The minimum Gasteiger partial charge on any atom is -0.396 e. The van der Waals surface area contributed by atoms with E-state index in [0.717, 1.165) is 13.0 Å². The van der Waals surface area contributed by atoms with Crippen molar-refractivity contribution in [1.82, 2.24) is 5.32 Å². The molecule has 0 saturated heterocycles. The molecule has 0 saturated carbocycles. The number of ether oxygens (including phenoxy) is 1. The van der Waals surface area contributed by atoms with Crippen molar-refractivity contribution in [2.24, 2.45) is 17.6 Å². The number of aliphatic hydroxyl groups excluding tert-OH is 1. The summed E-state index contributed by atoms with van der Waals surface area (Å²) in [7, 11) is 1.68. The molecule has 4 nitrogen and oxygen atoms in total. The Morgan fingerprint density at radius 2 is 2.07 bits per heavy atom. The smallest absolute Gasteiger partial charge is 0.0616 e. The Labute approximate surface area is 93.2 Å². The van der Waals surface area contributed by atoms with Crippen molar-refractivity contribution < 1.29 is 9.84 Å². The van der Waals surface area contributed by atoms with Gasteiger partial charge in [-0.1, -0.05) is 13.8 Å². The van der Waals surface area contributed by atoms with Crippen molar-refractivity contribution in [3.63, 3.8) is 0 Å². The maximum absolute atomic E-state index is 8.87. The summed E-state index contributed by atoms with van der Waals surface area (Å²) in [5.41, 5.74) is 5.69. The van der Waals surface area contributed by atoms with E-state index in [1.807, 2.05) is 0 Å². The molecular formula is C11H26N2O2. The summed E-state index contributed by atoms with van der Waals surface area (Å²) in [5.74, 6) is 1.07.